The van der Waals surface area contributed by atoms with Crippen molar-refractivity contribution in [1.82, 2.24) is 0 Å². The summed E-state index contributed by atoms with van der Waals surface area (Å²) < 4.78 is 0. The summed E-state index contributed by atoms with van der Waals surface area (Å²) in [5, 5.41) is 17.4. The molecule has 0 bridgehead atoms. The molecule has 0 aromatic carbocycles. The maximum Gasteiger partial charge on any atom is 0.321 e. The number of aliphatic carboxylic acids is 2. The lowest BCUT2D eigenvalue weighted by Crippen LogP contribution is -2.48. The van der Waals surface area contributed by atoms with E-state index in [0.29, 0.717) is 0 Å². The molecule has 5 heteroatoms. The van der Waals surface area contributed by atoms with Gasteiger partial charge in [-0.1, -0.05) is 28.2 Å². The number of rotatable bonds is 3. The van der Waals surface area contributed by atoms with E-state index in [1.165, 1.54) is 0 Å². The van der Waals surface area contributed by atoms with Gasteiger partial charge in [-0.05, 0) is 5.41 Å². The Balaban J connectivity index is 0. The molecule has 0 saturated carbocycles. The molecule has 1 unspecified atom stereocenters. The van der Waals surface area contributed by atoms with E-state index in [-0.39, 0.29) is 7.43 Å². The first kappa shape index (κ1) is 15.4. The molecule has 0 rings (SSSR count). The third-order valence-electron chi connectivity index (χ3n) is 1.84. The van der Waals surface area contributed by atoms with Gasteiger partial charge in [0, 0.05) is 0 Å². The largest absolute Gasteiger partial charge is 0.481 e. The molecule has 0 heterocycles. The van der Waals surface area contributed by atoms with Crippen LogP contribution in [0.25, 0.3) is 0 Å². The smallest absolute Gasteiger partial charge is 0.321 e. The van der Waals surface area contributed by atoms with E-state index in [1.807, 2.05) is 0 Å². The Labute approximate surface area is 83.9 Å². The van der Waals surface area contributed by atoms with Crippen LogP contribution in [0.1, 0.15) is 28.2 Å². The Kier molecular flexibility index (Phi) is 5.44. The molecular formula is C9H19NO4. The SMILES string of the molecule is C.CC(C)(C)C(C(=O)O)[C@H](N)C(=O)O. The molecule has 0 aromatic rings. The van der Waals surface area contributed by atoms with E-state index in [2.05, 4.69) is 0 Å². The fourth-order valence-electron chi connectivity index (χ4n) is 1.21. The second-order valence-corrected chi connectivity index (χ2v) is 4.05. The van der Waals surface area contributed by atoms with E-state index in [1.54, 1.807) is 20.8 Å². The first-order valence-electron chi connectivity index (χ1n) is 3.89. The van der Waals surface area contributed by atoms with Gasteiger partial charge in [0.05, 0.1) is 5.92 Å². The van der Waals surface area contributed by atoms with E-state index in [9.17, 15) is 9.59 Å². The monoisotopic (exact) mass is 205 g/mol. The summed E-state index contributed by atoms with van der Waals surface area (Å²) >= 11 is 0. The third kappa shape index (κ3) is 3.74. The Morgan fingerprint density at radius 2 is 1.50 bits per heavy atom. The molecular weight excluding hydrogens is 186 g/mol. The van der Waals surface area contributed by atoms with Gasteiger partial charge in [0.15, 0.2) is 0 Å². The van der Waals surface area contributed by atoms with Crippen molar-refractivity contribution in [2.75, 3.05) is 0 Å². The summed E-state index contributed by atoms with van der Waals surface area (Å²) in [5.74, 6) is -3.55. The Bertz CT molecular complexity index is 219. The van der Waals surface area contributed by atoms with Crippen molar-refractivity contribution in [3.8, 4) is 0 Å². The van der Waals surface area contributed by atoms with Crippen molar-refractivity contribution in [1.29, 1.82) is 0 Å². The van der Waals surface area contributed by atoms with Crippen molar-refractivity contribution >= 4 is 11.9 Å². The van der Waals surface area contributed by atoms with Crippen LogP contribution in [0.3, 0.4) is 0 Å². The lowest BCUT2D eigenvalue weighted by molar-refractivity contribution is -0.154. The van der Waals surface area contributed by atoms with Crippen LogP contribution in [0.4, 0.5) is 0 Å². The van der Waals surface area contributed by atoms with Crippen molar-refractivity contribution in [2.45, 2.75) is 34.2 Å². The summed E-state index contributed by atoms with van der Waals surface area (Å²) in [6.07, 6.45) is 0. The Morgan fingerprint density at radius 3 is 1.57 bits per heavy atom. The van der Waals surface area contributed by atoms with Crippen LogP contribution in [-0.2, 0) is 9.59 Å². The average molecular weight is 205 g/mol. The van der Waals surface area contributed by atoms with Gasteiger partial charge in [-0.3, -0.25) is 9.59 Å². The molecule has 0 aliphatic carbocycles. The van der Waals surface area contributed by atoms with E-state index in [0.717, 1.165) is 0 Å². The minimum Gasteiger partial charge on any atom is -0.481 e. The third-order valence-corrected chi connectivity index (χ3v) is 1.84. The molecule has 0 saturated heterocycles. The van der Waals surface area contributed by atoms with Gasteiger partial charge in [0.2, 0.25) is 0 Å². The van der Waals surface area contributed by atoms with Gasteiger partial charge in [0.1, 0.15) is 6.04 Å². The average Bonchev–Trinajstić information content (AvgIpc) is 1.82. The highest BCUT2D eigenvalue weighted by molar-refractivity contribution is 5.83. The maximum absolute atomic E-state index is 10.7. The predicted molar refractivity (Wildman–Crippen MR) is 52.9 cm³/mol. The minimum atomic E-state index is -1.36. The minimum absolute atomic E-state index is 0. The van der Waals surface area contributed by atoms with Crippen LogP contribution >= 0.6 is 0 Å². The summed E-state index contributed by atoms with van der Waals surface area (Å²) in [7, 11) is 0. The van der Waals surface area contributed by atoms with Crippen LogP contribution in [-0.4, -0.2) is 28.2 Å². The topological polar surface area (TPSA) is 101 Å². The quantitative estimate of drug-likeness (QED) is 0.632. The number of hydrogen-bond donors (Lipinski definition) is 3. The van der Waals surface area contributed by atoms with Crippen LogP contribution in [0.2, 0.25) is 0 Å². The van der Waals surface area contributed by atoms with Gasteiger partial charge in [-0.25, -0.2) is 0 Å². The predicted octanol–water partition coefficient (Wildman–Crippen LogP) is 0.781. The summed E-state index contributed by atoms with van der Waals surface area (Å²) in [5.41, 5.74) is 4.60. The van der Waals surface area contributed by atoms with Crippen LogP contribution in [0.15, 0.2) is 0 Å². The van der Waals surface area contributed by atoms with Crippen LogP contribution in [0.5, 0.6) is 0 Å². The zero-order valence-corrected chi connectivity index (χ0v) is 7.94. The molecule has 0 aliphatic heterocycles. The molecule has 0 aliphatic rings. The molecule has 2 atom stereocenters. The van der Waals surface area contributed by atoms with Crippen LogP contribution < -0.4 is 5.73 Å². The normalized spacial score (nSPS) is 15.1. The lowest BCUT2D eigenvalue weighted by atomic mass is 9.76. The highest BCUT2D eigenvalue weighted by Gasteiger charge is 2.39. The Hall–Kier alpha value is -1.10. The number of carboxylic acid groups (broad SMARTS) is 2. The maximum atomic E-state index is 10.7. The second-order valence-electron chi connectivity index (χ2n) is 4.05. The molecule has 0 aromatic heterocycles. The van der Waals surface area contributed by atoms with Crippen molar-refractivity contribution < 1.29 is 19.8 Å². The second kappa shape index (κ2) is 4.95. The van der Waals surface area contributed by atoms with Crippen LogP contribution in [0, 0.1) is 11.3 Å². The fraction of sp³-hybridized carbons (Fsp3) is 0.778. The van der Waals surface area contributed by atoms with Gasteiger partial charge in [-0.15, -0.1) is 0 Å². The molecule has 4 N–H and O–H groups in total. The highest BCUT2D eigenvalue weighted by Crippen LogP contribution is 2.28. The molecule has 0 spiro atoms. The molecule has 14 heavy (non-hydrogen) atoms. The summed E-state index contributed by atoms with van der Waals surface area (Å²) in [6.45, 7) is 4.94. The fourth-order valence-corrected chi connectivity index (χ4v) is 1.21. The molecule has 0 amide bonds. The Morgan fingerprint density at radius 1 is 1.14 bits per heavy atom. The molecule has 0 fully saturated rings. The number of hydrogen-bond acceptors (Lipinski definition) is 3. The highest BCUT2D eigenvalue weighted by atomic mass is 16.4. The zero-order chi connectivity index (χ0) is 10.8. The summed E-state index contributed by atoms with van der Waals surface area (Å²) in [6, 6.07) is -1.36. The van der Waals surface area contributed by atoms with Crippen molar-refractivity contribution in [3.63, 3.8) is 0 Å². The van der Waals surface area contributed by atoms with Gasteiger partial charge in [-0.2, -0.15) is 0 Å². The first-order valence-corrected chi connectivity index (χ1v) is 3.89. The number of nitrogens with two attached hydrogens (primary N) is 1. The molecule has 5 nitrogen and oxygen atoms in total. The van der Waals surface area contributed by atoms with E-state index < -0.39 is 29.3 Å². The van der Waals surface area contributed by atoms with E-state index >= 15 is 0 Å². The van der Waals surface area contributed by atoms with E-state index in [4.69, 9.17) is 15.9 Å². The number of carboxylic acids is 2. The molecule has 84 valence electrons. The standard InChI is InChI=1S/C8H15NO4.CH4/c1-8(2,3)4(6(10)11)5(9)7(12)13;/h4-5H,9H2,1-3H3,(H,10,11)(H,12,13);1H4/t4?,5-;/m0./s1. The first-order chi connectivity index (χ1) is 5.68. The number of carbonyl (C=O) groups is 2. The van der Waals surface area contributed by atoms with Crippen molar-refractivity contribution in [2.24, 2.45) is 17.1 Å². The summed E-state index contributed by atoms with van der Waals surface area (Å²) in [4.78, 5) is 21.3. The van der Waals surface area contributed by atoms with Crippen molar-refractivity contribution in [3.05, 3.63) is 0 Å². The molecule has 0 radical (unpaired) electrons. The lowest BCUT2D eigenvalue weighted by Gasteiger charge is -2.29. The van der Waals surface area contributed by atoms with Gasteiger partial charge >= 0.3 is 11.9 Å². The van der Waals surface area contributed by atoms with Gasteiger partial charge in [0.25, 0.3) is 0 Å². The van der Waals surface area contributed by atoms with Gasteiger partial charge < -0.3 is 15.9 Å². The zero-order valence-electron chi connectivity index (χ0n) is 7.94.